The van der Waals surface area contributed by atoms with Crippen molar-refractivity contribution in [2.45, 2.75) is 25.9 Å². The summed E-state index contributed by atoms with van der Waals surface area (Å²) in [6.45, 7) is 3.95. The number of ether oxygens (including phenoxy) is 2. The number of pyridine rings is 1. The lowest BCUT2D eigenvalue weighted by atomic mass is 10.0. The number of rotatable bonds is 5. The van der Waals surface area contributed by atoms with Gasteiger partial charge in [0, 0.05) is 24.4 Å². The number of aromatic nitrogens is 3. The molecule has 0 bridgehead atoms. The van der Waals surface area contributed by atoms with Crippen LogP contribution in [0.2, 0.25) is 0 Å². The van der Waals surface area contributed by atoms with Gasteiger partial charge >= 0.3 is 0 Å². The molecule has 3 aromatic rings. The molecule has 4 rings (SSSR count). The molecule has 1 aliphatic heterocycles. The summed E-state index contributed by atoms with van der Waals surface area (Å²) in [6.07, 6.45) is 5.89. The molecule has 0 atom stereocenters. The van der Waals surface area contributed by atoms with Crippen LogP contribution in [0.4, 0.5) is 5.69 Å². The van der Waals surface area contributed by atoms with Gasteiger partial charge in [0.1, 0.15) is 5.60 Å². The smallest absolute Gasteiger partial charge is 0.262 e. The number of nitrogens with zero attached hydrogens (tertiary/aromatic N) is 3. The third kappa shape index (κ3) is 3.76. The molecule has 0 saturated carbocycles. The number of hydrogen-bond donors (Lipinski definition) is 1. The Morgan fingerprint density at radius 3 is 2.93 bits per heavy atom. The molecule has 0 radical (unpaired) electrons. The maximum atomic E-state index is 12.2. The number of para-hydroxylation sites is 1. The fourth-order valence-electron chi connectivity index (χ4n) is 3.04. The zero-order valence-electron chi connectivity index (χ0n) is 15.2. The number of carbonyl (C=O) groups is 1. The summed E-state index contributed by atoms with van der Waals surface area (Å²) in [5.41, 5.74) is 1.43. The van der Waals surface area contributed by atoms with Crippen LogP contribution >= 0.6 is 0 Å². The van der Waals surface area contributed by atoms with Gasteiger partial charge in [-0.2, -0.15) is 5.10 Å². The molecule has 1 aromatic carbocycles. The largest absolute Gasteiger partial charge is 0.483 e. The maximum Gasteiger partial charge on any atom is 0.262 e. The third-order valence-corrected chi connectivity index (χ3v) is 4.18. The molecule has 1 N–H and O–H groups in total. The molecule has 3 heterocycles. The van der Waals surface area contributed by atoms with Gasteiger partial charge in [0.05, 0.1) is 11.9 Å². The normalized spacial score (nSPS) is 14.3. The van der Waals surface area contributed by atoms with E-state index < -0.39 is 0 Å². The molecule has 0 saturated heterocycles. The van der Waals surface area contributed by atoms with E-state index in [9.17, 15) is 4.79 Å². The summed E-state index contributed by atoms with van der Waals surface area (Å²) in [4.78, 5) is 16.5. The third-order valence-electron chi connectivity index (χ3n) is 4.18. The van der Waals surface area contributed by atoms with Crippen molar-refractivity contribution in [1.29, 1.82) is 0 Å². The Balaban J connectivity index is 1.36. The first-order chi connectivity index (χ1) is 13.0. The molecule has 0 aliphatic carbocycles. The fourth-order valence-corrected chi connectivity index (χ4v) is 3.04. The van der Waals surface area contributed by atoms with Gasteiger partial charge in [0.15, 0.2) is 23.9 Å². The van der Waals surface area contributed by atoms with Crippen LogP contribution in [-0.2, 0) is 11.2 Å². The zero-order valence-corrected chi connectivity index (χ0v) is 15.2. The van der Waals surface area contributed by atoms with E-state index in [1.165, 1.54) is 0 Å². The molecule has 0 unspecified atom stereocenters. The molecule has 2 aromatic heterocycles. The van der Waals surface area contributed by atoms with Gasteiger partial charge < -0.3 is 14.8 Å². The number of fused-ring (bicyclic) bond motifs is 1. The maximum absolute atomic E-state index is 12.2. The standard InChI is InChI=1S/C20H20N4O3/c1-20(2)11-14-5-3-6-16(19(14)27-20)26-13-18(25)23-15-7-8-17(21-12-15)24-10-4-9-22-24/h3-10,12H,11,13H2,1-2H3,(H,23,25). The van der Waals surface area contributed by atoms with E-state index in [1.54, 1.807) is 35.4 Å². The molecular weight excluding hydrogens is 344 g/mol. The molecule has 27 heavy (non-hydrogen) atoms. The van der Waals surface area contributed by atoms with Crippen molar-refractivity contribution in [3.8, 4) is 17.3 Å². The van der Waals surface area contributed by atoms with Crippen LogP contribution in [0.1, 0.15) is 19.4 Å². The first-order valence-corrected chi connectivity index (χ1v) is 8.70. The summed E-state index contributed by atoms with van der Waals surface area (Å²) in [7, 11) is 0. The van der Waals surface area contributed by atoms with Gasteiger partial charge in [-0.05, 0) is 38.1 Å². The highest BCUT2D eigenvalue weighted by Crippen LogP contribution is 2.41. The van der Waals surface area contributed by atoms with Crippen LogP contribution in [-0.4, -0.2) is 32.9 Å². The molecule has 0 fully saturated rings. The van der Waals surface area contributed by atoms with Crippen molar-refractivity contribution in [2.24, 2.45) is 0 Å². The van der Waals surface area contributed by atoms with Crippen LogP contribution in [0, 0.1) is 0 Å². The number of hydrogen-bond acceptors (Lipinski definition) is 5. The Morgan fingerprint density at radius 2 is 2.19 bits per heavy atom. The monoisotopic (exact) mass is 364 g/mol. The van der Waals surface area contributed by atoms with Gasteiger partial charge in [0.2, 0.25) is 0 Å². The van der Waals surface area contributed by atoms with E-state index in [2.05, 4.69) is 15.4 Å². The minimum absolute atomic E-state index is 0.110. The van der Waals surface area contributed by atoms with Crippen molar-refractivity contribution >= 4 is 11.6 Å². The quantitative estimate of drug-likeness (QED) is 0.753. The van der Waals surface area contributed by atoms with Gasteiger partial charge in [-0.1, -0.05) is 12.1 Å². The van der Waals surface area contributed by atoms with Crippen molar-refractivity contribution in [3.05, 3.63) is 60.6 Å². The highest BCUT2D eigenvalue weighted by molar-refractivity contribution is 5.91. The Morgan fingerprint density at radius 1 is 1.30 bits per heavy atom. The minimum atomic E-state index is -0.265. The zero-order chi connectivity index (χ0) is 18.9. The Bertz CT molecular complexity index is 950. The fraction of sp³-hybridized carbons (Fsp3) is 0.250. The van der Waals surface area contributed by atoms with E-state index in [0.717, 1.165) is 17.7 Å². The second-order valence-corrected chi connectivity index (χ2v) is 6.98. The van der Waals surface area contributed by atoms with Crippen LogP contribution in [0.5, 0.6) is 11.5 Å². The molecule has 7 nitrogen and oxygen atoms in total. The molecule has 138 valence electrons. The van der Waals surface area contributed by atoms with Gasteiger partial charge in [-0.25, -0.2) is 9.67 Å². The predicted molar refractivity (Wildman–Crippen MR) is 100 cm³/mol. The van der Waals surface area contributed by atoms with Gasteiger partial charge in [-0.3, -0.25) is 4.79 Å². The average Bonchev–Trinajstić information content (AvgIpc) is 3.27. The number of carbonyl (C=O) groups excluding carboxylic acids is 1. The summed E-state index contributed by atoms with van der Waals surface area (Å²) in [5.74, 6) is 1.72. The number of amides is 1. The van der Waals surface area contributed by atoms with Crippen molar-refractivity contribution < 1.29 is 14.3 Å². The highest BCUT2D eigenvalue weighted by Gasteiger charge is 2.32. The summed E-state index contributed by atoms with van der Waals surface area (Å²) < 4.78 is 13.3. The predicted octanol–water partition coefficient (Wildman–Crippen LogP) is 3.00. The summed E-state index contributed by atoms with van der Waals surface area (Å²) >= 11 is 0. The Labute approximate surface area is 156 Å². The van der Waals surface area contributed by atoms with Crippen LogP contribution in [0.3, 0.4) is 0 Å². The van der Waals surface area contributed by atoms with Crippen molar-refractivity contribution in [3.63, 3.8) is 0 Å². The summed E-state index contributed by atoms with van der Waals surface area (Å²) in [5, 5.41) is 6.89. The van der Waals surface area contributed by atoms with E-state index in [4.69, 9.17) is 9.47 Å². The molecule has 0 spiro atoms. The number of benzene rings is 1. The van der Waals surface area contributed by atoms with Crippen molar-refractivity contribution in [2.75, 3.05) is 11.9 Å². The molecule has 1 amide bonds. The lowest BCUT2D eigenvalue weighted by Crippen LogP contribution is -2.25. The molecular formula is C20H20N4O3. The van der Waals surface area contributed by atoms with E-state index in [-0.39, 0.29) is 18.1 Å². The average molecular weight is 364 g/mol. The van der Waals surface area contributed by atoms with Gasteiger partial charge in [-0.15, -0.1) is 0 Å². The van der Waals surface area contributed by atoms with Crippen LogP contribution < -0.4 is 14.8 Å². The summed E-state index contributed by atoms with van der Waals surface area (Å²) in [6, 6.07) is 11.1. The molecule has 7 heteroatoms. The molecule has 1 aliphatic rings. The van der Waals surface area contributed by atoms with E-state index >= 15 is 0 Å². The number of anilines is 1. The first kappa shape index (κ1) is 17.1. The highest BCUT2D eigenvalue weighted by atomic mass is 16.5. The van der Waals surface area contributed by atoms with Crippen LogP contribution in [0.25, 0.3) is 5.82 Å². The topological polar surface area (TPSA) is 78.3 Å². The lowest BCUT2D eigenvalue weighted by Gasteiger charge is -2.18. The van der Waals surface area contributed by atoms with Crippen molar-refractivity contribution in [1.82, 2.24) is 14.8 Å². The SMILES string of the molecule is CC1(C)Cc2cccc(OCC(=O)Nc3ccc(-n4cccn4)nc3)c2O1. The van der Waals surface area contributed by atoms with E-state index in [1.807, 2.05) is 38.1 Å². The minimum Gasteiger partial charge on any atom is -0.483 e. The Hall–Kier alpha value is -3.35. The Kier molecular flexibility index (Phi) is 4.27. The lowest BCUT2D eigenvalue weighted by molar-refractivity contribution is -0.118. The van der Waals surface area contributed by atoms with E-state index in [0.29, 0.717) is 17.3 Å². The van der Waals surface area contributed by atoms with Crippen LogP contribution in [0.15, 0.2) is 55.0 Å². The second-order valence-electron chi connectivity index (χ2n) is 6.98. The van der Waals surface area contributed by atoms with Gasteiger partial charge in [0.25, 0.3) is 5.91 Å². The first-order valence-electron chi connectivity index (χ1n) is 8.70. The second kappa shape index (κ2) is 6.75. The number of nitrogens with one attached hydrogen (secondary N) is 1.